The Bertz CT molecular complexity index is 879. The number of nitrogens with two attached hydrogens (primary N) is 5. The van der Waals surface area contributed by atoms with Gasteiger partial charge in [0, 0.05) is 29.3 Å². The Labute approximate surface area is 225 Å². The molecular weight excluding hydrogens is 518 g/mol. The van der Waals surface area contributed by atoms with Crippen molar-refractivity contribution in [2.75, 3.05) is 12.3 Å². The van der Waals surface area contributed by atoms with Crippen molar-refractivity contribution in [1.82, 2.24) is 0 Å². The molecule has 4 rings (SSSR count). The van der Waals surface area contributed by atoms with Crippen LogP contribution in [0.4, 0.5) is 0 Å². The number of rotatable bonds is 8. The standard InChI is InChI=1S/C24H41N5O8S/c25-8-15-14(30)7-13(28)23(34-15)36-21-11(26)6-12(27)22(20(21)33)37-24-19(32)17(29)18(31)16(35-24)9-38-10-4-2-1-3-5-10/h1-5,11-24,30-33H,6-9,25-29H2/t11-,12+,13+,14-,15+,16+,17-,18+,19+,20-,21+,22-,23+,24+/m0/s1. The maximum absolute atomic E-state index is 11.2. The highest BCUT2D eigenvalue weighted by Gasteiger charge is 2.50. The maximum Gasteiger partial charge on any atom is 0.186 e. The fourth-order valence-corrected chi connectivity index (χ4v) is 6.09. The second-order valence-electron chi connectivity index (χ2n) is 10.2. The van der Waals surface area contributed by atoms with E-state index in [2.05, 4.69) is 0 Å². The third-order valence-electron chi connectivity index (χ3n) is 7.39. The number of aliphatic hydroxyl groups is 4. The lowest BCUT2D eigenvalue weighted by atomic mass is 9.84. The summed E-state index contributed by atoms with van der Waals surface area (Å²) in [5.74, 6) is 0.354. The quantitative estimate of drug-likeness (QED) is 0.140. The van der Waals surface area contributed by atoms with Crippen molar-refractivity contribution in [2.24, 2.45) is 28.7 Å². The van der Waals surface area contributed by atoms with Gasteiger partial charge in [-0.05, 0) is 25.0 Å². The van der Waals surface area contributed by atoms with Crippen LogP contribution in [0.2, 0.25) is 0 Å². The van der Waals surface area contributed by atoms with Crippen molar-refractivity contribution in [3.63, 3.8) is 0 Å². The Morgan fingerprint density at radius 1 is 0.763 bits per heavy atom. The predicted octanol–water partition coefficient (Wildman–Crippen LogP) is -3.50. The first-order valence-corrected chi connectivity index (χ1v) is 13.8. The Balaban J connectivity index is 1.42. The topological polar surface area (TPSA) is 248 Å². The van der Waals surface area contributed by atoms with Crippen molar-refractivity contribution in [1.29, 1.82) is 0 Å². The minimum absolute atomic E-state index is 0.0658. The van der Waals surface area contributed by atoms with E-state index in [-0.39, 0.29) is 19.4 Å². The maximum atomic E-state index is 11.2. The van der Waals surface area contributed by atoms with Crippen LogP contribution in [0.3, 0.4) is 0 Å². The predicted molar refractivity (Wildman–Crippen MR) is 138 cm³/mol. The average Bonchev–Trinajstić information content (AvgIpc) is 2.89. The molecule has 0 amide bonds. The van der Waals surface area contributed by atoms with E-state index in [1.165, 1.54) is 11.8 Å². The molecule has 0 spiro atoms. The van der Waals surface area contributed by atoms with Gasteiger partial charge in [-0.2, -0.15) is 0 Å². The summed E-state index contributed by atoms with van der Waals surface area (Å²) in [5, 5.41) is 42.6. The Hall–Kier alpha value is -0.950. The molecule has 2 saturated heterocycles. The van der Waals surface area contributed by atoms with Gasteiger partial charge in [-0.15, -0.1) is 11.8 Å². The van der Waals surface area contributed by atoms with Crippen LogP contribution < -0.4 is 28.7 Å². The summed E-state index contributed by atoms with van der Waals surface area (Å²) < 4.78 is 23.6. The van der Waals surface area contributed by atoms with Crippen molar-refractivity contribution >= 4 is 11.8 Å². The first-order valence-electron chi connectivity index (χ1n) is 12.8. The van der Waals surface area contributed by atoms with Crippen LogP contribution in [0, 0.1) is 0 Å². The smallest absolute Gasteiger partial charge is 0.186 e. The molecule has 1 aromatic rings. The van der Waals surface area contributed by atoms with E-state index in [0.29, 0.717) is 5.75 Å². The molecule has 14 N–H and O–H groups in total. The Morgan fingerprint density at radius 3 is 2.00 bits per heavy atom. The molecule has 1 aliphatic carbocycles. The van der Waals surface area contributed by atoms with Crippen molar-refractivity contribution in [2.45, 2.75) is 103 Å². The lowest BCUT2D eigenvalue weighted by Gasteiger charge is -2.48. The second-order valence-corrected chi connectivity index (χ2v) is 11.3. The molecule has 0 unspecified atom stereocenters. The number of hydrogen-bond donors (Lipinski definition) is 9. The summed E-state index contributed by atoms with van der Waals surface area (Å²) in [7, 11) is 0. The summed E-state index contributed by atoms with van der Waals surface area (Å²) in [6, 6.07) is 6.47. The number of aliphatic hydroxyl groups excluding tert-OH is 4. The molecule has 2 heterocycles. The molecule has 216 valence electrons. The lowest BCUT2D eigenvalue weighted by Crippen LogP contribution is -2.68. The van der Waals surface area contributed by atoms with Crippen molar-refractivity contribution < 1.29 is 39.4 Å². The van der Waals surface area contributed by atoms with Gasteiger partial charge in [0.2, 0.25) is 0 Å². The molecular formula is C24H41N5O8S. The van der Waals surface area contributed by atoms with E-state index in [0.717, 1.165) is 4.90 Å². The monoisotopic (exact) mass is 559 g/mol. The van der Waals surface area contributed by atoms with Crippen LogP contribution >= 0.6 is 11.8 Å². The molecule has 0 radical (unpaired) electrons. The summed E-state index contributed by atoms with van der Waals surface area (Å²) in [5.41, 5.74) is 30.5. The number of hydrogen-bond acceptors (Lipinski definition) is 14. The first kappa shape index (κ1) is 30.0. The van der Waals surface area contributed by atoms with Crippen LogP contribution in [-0.2, 0) is 18.9 Å². The second kappa shape index (κ2) is 13.1. The zero-order valence-corrected chi connectivity index (χ0v) is 21.8. The number of thioether (sulfide) groups is 1. The van der Waals surface area contributed by atoms with Crippen molar-refractivity contribution in [3.05, 3.63) is 30.3 Å². The van der Waals surface area contributed by atoms with E-state index >= 15 is 0 Å². The largest absolute Gasteiger partial charge is 0.390 e. The molecule has 3 aliphatic rings. The fourth-order valence-electron chi connectivity index (χ4n) is 5.11. The van der Waals surface area contributed by atoms with E-state index in [1.54, 1.807) is 0 Å². The molecule has 1 aromatic carbocycles. The SMILES string of the molecule is NC[C@H]1O[C@H](O[C@H]2[C@H](O)[C@@H](O[C@H]3O[C@H](CSc4ccccc4)[C@@H](O)[C@H](N)[C@H]3O)[C@H](N)C[C@@H]2N)[C@H](N)C[C@@H]1O. The fraction of sp³-hybridized carbons (Fsp3) is 0.750. The van der Waals surface area contributed by atoms with Crippen molar-refractivity contribution in [3.8, 4) is 0 Å². The Kier molecular flexibility index (Phi) is 10.4. The molecule has 2 aliphatic heterocycles. The van der Waals surface area contributed by atoms with Gasteiger partial charge in [-0.3, -0.25) is 0 Å². The van der Waals surface area contributed by atoms with E-state index in [9.17, 15) is 20.4 Å². The number of ether oxygens (including phenoxy) is 4. The van der Waals surface area contributed by atoms with Gasteiger partial charge >= 0.3 is 0 Å². The molecule has 13 nitrogen and oxygen atoms in total. The third kappa shape index (κ3) is 6.67. The first-order chi connectivity index (χ1) is 18.1. The minimum atomic E-state index is -1.38. The van der Waals surface area contributed by atoms with Gasteiger partial charge in [-0.25, -0.2) is 0 Å². The molecule has 38 heavy (non-hydrogen) atoms. The highest BCUT2D eigenvalue weighted by Crippen LogP contribution is 2.32. The van der Waals surface area contributed by atoms with Gasteiger partial charge in [0.25, 0.3) is 0 Å². The van der Waals surface area contributed by atoms with Crippen LogP contribution in [0.1, 0.15) is 12.8 Å². The summed E-state index contributed by atoms with van der Waals surface area (Å²) in [6.45, 7) is 0.0658. The number of benzene rings is 1. The normalized spacial score (nSPS) is 46.1. The van der Waals surface area contributed by atoms with Gasteiger partial charge < -0.3 is 68.0 Å². The van der Waals surface area contributed by atoms with Gasteiger partial charge in [0.15, 0.2) is 12.6 Å². The Morgan fingerprint density at radius 2 is 1.37 bits per heavy atom. The van der Waals surface area contributed by atoms with Gasteiger partial charge in [-0.1, -0.05) is 18.2 Å². The summed E-state index contributed by atoms with van der Waals surface area (Å²) in [6.07, 6.45) is -9.91. The highest BCUT2D eigenvalue weighted by atomic mass is 32.2. The molecule has 14 atom stereocenters. The summed E-state index contributed by atoms with van der Waals surface area (Å²) >= 11 is 1.46. The molecule has 1 saturated carbocycles. The van der Waals surface area contributed by atoms with Crippen LogP contribution in [0.5, 0.6) is 0 Å². The highest BCUT2D eigenvalue weighted by molar-refractivity contribution is 7.99. The zero-order chi connectivity index (χ0) is 27.6. The lowest BCUT2D eigenvalue weighted by molar-refractivity contribution is -0.309. The molecule has 0 bridgehead atoms. The van der Waals surface area contributed by atoms with Crippen LogP contribution in [-0.4, -0.2) is 118 Å². The average molecular weight is 560 g/mol. The van der Waals surface area contributed by atoms with E-state index in [1.807, 2.05) is 30.3 Å². The van der Waals surface area contributed by atoms with Crippen LogP contribution in [0.15, 0.2) is 35.2 Å². The minimum Gasteiger partial charge on any atom is -0.390 e. The van der Waals surface area contributed by atoms with Crippen LogP contribution in [0.25, 0.3) is 0 Å². The summed E-state index contributed by atoms with van der Waals surface area (Å²) in [4.78, 5) is 0.978. The van der Waals surface area contributed by atoms with E-state index < -0.39 is 85.6 Å². The van der Waals surface area contributed by atoms with E-state index in [4.69, 9.17) is 47.6 Å². The molecule has 3 fully saturated rings. The van der Waals surface area contributed by atoms with Gasteiger partial charge in [0.1, 0.15) is 24.4 Å². The third-order valence-corrected chi connectivity index (χ3v) is 8.49. The molecule has 0 aromatic heterocycles. The zero-order valence-electron chi connectivity index (χ0n) is 21.0. The molecule has 14 heteroatoms. The van der Waals surface area contributed by atoms with Gasteiger partial charge in [0.05, 0.1) is 36.5 Å².